The molecule has 0 aliphatic carbocycles. The summed E-state index contributed by atoms with van der Waals surface area (Å²) in [4.78, 5) is 5.06. The zero-order chi connectivity index (χ0) is 45.0. The van der Waals surface area contributed by atoms with Crippen LogP contribution in [0.3, 0.4) is 0 Å². The zero-order valence-electron chi connectivity index (χ0n) is 36.5. The van der Waals surface area contributed by atoms with Crippen molar-refractivity contribution in [2.45, 2.75) is 15.2 Å². The number of hydrogen-bond acceptors (Lipinski definition) is 4. The van der Waals surface area contributed by atoms with Gasteiger partial charge in [-0.1, -0.05) is 97.1 Å². The molecule has 0 N–H and O–H groups in total. The molecule has 0 spiro atoms. The summed E-state index contributed by atoms with van der Waals surface area (Å²) >= 11 is -3.54. The minimum atomic E-state index is -3.89. The molecular formula is C61H44GeN2O2S. The predicted molar refractivity (Wildman–Crippen MR) is 277 cm³/mol. The van der Waals surface area contributed by atoms with Gasteiger partial charge >= 0.3 is 244 Å². The topological polar surface area (TPSA) is 40.6 Å². The fraction of sp³-hybridized carbons (Fsp3) is 0.0164. The third kappa shape index (κ3) is 6.22. The first kappa shape index (κ1) is 40.8. The molecule has 0 aromatic heterocycles. The van der Waals surface area contributed by atoms with Gasteiger partial charge in [-0.3, -0.25) is 0 Å². The van der Waals surface area contributed by atoms with Gasteiger partial charge in [0, 0.05) is 0 Å². The molecule has 0 atom stereocenters. The van der Waals surface area contributed by atoms with Gasteiger partial charge in [0.15, 0.2) is 0 Å². The van der Waals surface area contributed by atoms with Gasteiger partial charge in [0.1, 0.15) is 0 Å². The normalized spacial score (nSPS) is 14.3. The quantitative estimate of drug-likeness (QED) is 0.142. The van der Waals surface area contributed by atoms with Crippen LogP contribution < -0.4 is 27.4 Å². The Bertz CT molecular complexity index is 3120. The van der Waals surface area contributed by atoms with Crippen molar-refractivity contribution in [1.29, 1.82) is 0 Å². The fourth-order valence-electron chi connectivity index (χ4n) is 11.1. The van der Waals surface area contributed by atoms with E-state index in [0.717, 1.165) is 45.3 Å². The van der Waals surface area contributed by atoms with Crippen LogP contribution in [-0.4, -0.2) is 21.7 Å². The van der Waals surface area contributed by atoms with Gasteiger partial charge in [-0.05, 0) is 34.4 Å². The van der Waals surface area contributed by atoms with E-state index in [1.807, 2.05) is 24.3 Å². The van der Waals surface area contributed by atoms with Crippen molar-refractivity contribution >= 4 is 74.8 Å². The summed E-state index contributed by atoms with van der Waals surface area (Å²) in [6.45, 7) is 0. The minimum absolute atomic E-state index is 0.239. The Hall–Kier alpha value is -7.71. The average Bonchev–Trinajstić information content (AvgIpc) is 3.40. The number of nitrogens with zero attached hydrogens (tertiary/aromatic N) is 2. The number of benzene rings is 10. The molecule has 0 fully saturated rings. The number of hydrogen-bond donors (Lipinski definition) is 0. The molecule has 2 aliphatic rings. The zero-order valence-corrected chi connectivity index (χ0v) is 39.4. The molecule has 0 amide bonds. The maximum absolute atomic E-state index is 14.6. The first-order valence-corrected chi connectivity index (χ1v) is 28.4. The Morgan fingerprint density at radius 1 is 0.313 bits per heavy atom. The standard InChI is InChI=1S/C61H44GeN2O2S/c65-67(66,51-41-37-49(38-42-51)63-57-33-17-13-29-53(57)61(45-21-5-1-6-22-45,46-23-7-2-8-24-46)54-30-14-18-34-58(54)63)52-43-39-50(40-44-52)64-59-35-19-15-31-55(59)62(47-25-9-3-10-26-47,48-27-11-4-12-28-48)56-32-16-20-36-60(56)64/h1-44H. The van der Waals surface area contributed by atoms with E-state index in [4.69, 9.17) is 0 Å². The second-order valence-corrected chi connectivity index (χ2v) is 27.0. The molecule has 0 saturated heterocycles. The molecule has 0 bridgehead atoms. The third-order valence-corrected chi connectivity index (χ3v) is 25.8. The summed E-state index contributed by atoms with van der Waals surface area (Å²) in [5, 5.41) is 0. The third-order valence-electron chi connectivity index (χ3n) is 13.8. The molecule has 10 aromatic rings. The van der Waals surface area contributed by atoms with E-state index in [1.165, 1.54) is 28.7 Å². The van der Waals surface area contributed by atoms with Crippen LogP contribution in [-0.2, 0) is 15.3 Å². The Labute approximate surface area is 395 Å². The number of fused-ring (bicyclic) bond motifs is 4. The van der Waals surface area contributed by atoms with Crippen molar-refractivity contribution in [2.75, 3.05) is 9.80 Å². The van der Waals surface area contributed by atoms with Crippen LogP contribution in [0.1, 0.15) is 22.3 Å². The fourth-order valence-corrected chi connectivity index (χ4v) is 23.0. The first-order chi connectivity index (χ1) is 33.0. The van der Waals surface area contributed by atoms with Crippen LogP contribution in [0.5, 0.6) is 0 Å². The summed E-state index contributed by atoms with van der Waals surface area (Å²) in [6, 6.07) is 93.0. The van der Waals surface area contributed by atoms with Crippen molar-refractivity contribution in [3.63, 3.8) is 0 Å². The van der Waals surface area contributed by atoms with E-state index in [9.17, 15) is 8.42 Å². The second-order valence-electron chi connectivity index (χ2n) is 17.2. The monoisotopic (exact) mass is 942 g/mol. The van der Waals surface area contributed by atoms with E-state index in [0.29, 0.717) is 0 Å². The summed E-state index contributed by atoms with van der Waals surface area (Å²) in [7, 11) is -3.89. The van der Waals surface area contributed by atoms with Crippen molar-refractivity contribution in [1.82, 2.24) is 0 Å². The number of para-hydroxylation sites is 4. The van der Waals surface area contributed by atoms with E-state index < -0.39 is 28.5 Å². The van der Waals surface area contributed by atoms with Crippen molar-refractivity contribution in [3.8, 4) is 0 Å². The van der Waals surface area contributed by atoms with Crippen LogP contribution >= 0.6 is 0 Å². The summed E-state index contributed by atoms with van der Waals surface area (Å²) in [6.07, 6.45) is 0. The number of sulfone groups is 1. The predicted octanol–water partition coefficient (Wildman–Crippen LogP) is 11.8. The van der Waals surface area contributed by atoms with E-state index in [1.54, 1.807) is 24.3 Å². The van der Waals surface area contributed by atoms with Crippen LogP contribution in [0.2, 0.25) is 0 Å². The molecule has 0 radical (unpaired) electrons. The maximum atomic E-state index is 14.6. The van der Waals surface area contributed by atoms with Crippen molar-refractivity contribution < 1.29 is 8.42 Å². The summed E-state index contributed by atoms with van der Waals surface area (Å²) < 4.78 is 34.6. The van der Waals surface area contributed by atoms with Crippen molar-refractivity contribution in [2.24, 2.45) is 0 Å². The number of rotatable bonds is 8. The summed E-state index contributed by atoms with van der Waals surface area (Å²) in [5.74, 6) is 0. The molecule has 12 rings (SSSR count). The Balaban J connectivity index is 0.921. The van der Waals surface area contributed by atoms with E-state index >= 15 is 0 Å². The molecule has 6 heteroatoms. The molecule has 2 heterocycles. The molecule has 0 saturated carbocycles. The Morgan fingerprint density at radius 2 is 0.627 bits per heavy atom. The number of anilines is 6. The van der Waals surface area contributed by atoms with Gasteiger partial charge in [0.25, 0.3) is 0 Å². The molecule has 10 aromatic carbocycles. The van der Waals surface area contributed by atoms with Crippen molar-refractivity contribution in [3.05, 3.63) is 289 Å². The van der Waals surface area contributed by atoms with Crippen LogP contribution in [0, 0.1) is 0 Å². The Kier molecular flexibility index (Phi) is 9.93. The molecular weight excluding hydrogens is 897 g/mol. The summed E-state index contributed by atoms with van der Waals surface area (Å²) in [5.41, 5.74) is 10.1. The van der Waals surface area contributed by atoms with Crippen LogP contribution in [0.15, 0.2) is 277 Å². The van der Waals surface area contributed by atoms with Gasteiger partial charge in [-0.25, -0.2) is 0 Å². The second kappa shape index (κ2) is 16.3. The van der Waals surface area contributed by atoms with Gasteiger partial charge in [0.2, 0.25) is 0 Å². The van der Waals surface area contributed by atoms with Gasteiger partial charge in [-0.2, -0.15) is 0 Å². The van der Waals surface area contributed by atoms with Gasteiger partial charge in [0.05, 0.1) is 16.8 Å². The van der Waals surface area contributed by atoms with Crippen LogP contribution in [0.25, 0.3) is 0 Å². The molecule has 320 valence electrons. The molecule has 67 heavy (non-hydrogen) atoms. The first-order valence-electron chi connectivity index (χ1n) is 22.7. The molecule has 4 nitrogen and oxygen atoms in total. The van der Waals surface area contributed by atoms with E-state index in [-0.39, 0.29) is 9.79 Å². The van der Waals surface area contributed by atoms with Crippen LogP contribution in [0.4, 0.5) is 34.1 Å². The van der Waals surface area contributed by atoms with Gasteiger partial charge in [-0.15, -0.1) is 0 Å². The van der Waals surface area contributed by atoms with Gasteiger partial charge < -0.3 is 4.90 Å². The average molecular weight is 942 g/mol. The molecule has 0 unspecified atom stereocenters. The molecule has 2 aliphatic heterocycles. The van der Waals surface area contributed by atoms with E-state index in [2.05, 4.69) is 228 Å². The SMILES string of the molecule is O=S(=O)(c1ccc(N2c3ccccc3C(c3ccccc3)(c3ccccc3)c3ccccc32)cc1)c1ccc(N2c3cccc[c]3[Ge]([c]3ccccc3)([c]3ccccc3)[c]3ccccc32)cc1. The Morgan fingerprint density at radius 3 is 1.03 bits per heavy atom.